The van der Waals surface area contributed by atoms with Gasteiger partial charge in [-0.2, -0.15) is 0 Å². The topological polar surface area (TPSA) is 49.3 Å². The number of benzene rings is 2. The van der Waals surface area contributed by atoms with E-state index >= 15 is 0 Å². The Bertz CT molecular complexity index is 684. The van der Waals surface area contributed by atoms with E-state index in [1.807, 2.05) is 0 Å². The summed E-state index contributed by atoms with van der Waals surface area (Å²) in [6.07, 6.45) is -0.348. The van der Waals surface area contributed by atoms with E-state index in [2.05, 4.69) is 5.32 Å². The number of anilines is 1. The van der Waals surface area contributed by atoms with Crippen LogP contribution in [0.3, 0.4) is 0 Å². The first-order valence-corrected chi connectivity index (χ1v) is 6.55. The van der Waals surface area contributed by atoms with Crippen LogP contribution < -0.4 is 5.32 Å². The molecule has 0 radical (unpaired) electrons. The van der Waals surface area contributed by atoms with Crippen molar-refractivity contribution >= 4 is 34.8 Å². The predicted octanol–water partition coefficient (Wildman–Crippen LogP) is 4.16. The lowest BCUT2D eigenvalue weighted by molar-refractivity contribution is -0.115. The van der Waals surface area contributed by atoms with Crippen LogP contribution in [0.15, 0.2) is 30.3 Å². The molecule has 0 aliphatic rings. The lowest BCUT2D eigenvalue weighted by atomic mass is 10.1. The van der Waals surface area contributed by atoms with Gasteiger partial charge in [-0.25, -0.2) is 8.78 Å². The number of hydrogen-bond acceptors (Lipinski definition) is 2. The molecule has 0 fully saturated rings. The Balaban J connectivity index is 2.14. The summed E-state index contributed by atoms with van der Waals surface area (Å²) in [5.74, 6) is -2.95. The molecule has 0 heterocycles. The van der Waals surface area contributed by atoms with E-state index in [9.17, 15) is 18.7 Å². The molecule has 1 amide bonds. The maximum Gasteiger partial charge on any atom is 0.228 e. The number of phenolic OH excluding ortho intramolecular Hbond substituents is 1. The number of rotatable bonds is 3. The molecule has 2 aromatic rings. The van der Waals surface area contributed by atoms with Crippen LogP contribution in [-0.4, -0.2) is 11.0 Å². The molecular weight excluding hydrogens is 323 g/mol. The number of halogens is 4. The number of carbonyl (C=O) groups excluding carboxylic acids is 1. The third-order valence-corrected chi connectivity index (χ3v) is 3.26. The van der Waals surface area contributed by atoms with Crippen LogP contribution in [-0.2, 0) is 11.2 Å². The number of aromatic hydroxyl groups is 1. The van der Waals surface area contributed by atoms with E-state index in [-0.39, 0.29) is 33.5 Å². The molecule has 0 spiro atoms. The largest absolute Gasteiger partial charge is 0.505 e. The molecular formula is C14H9Cl2F2NO2. The van der Waals surface area contributed by atoms with E-state index in [0.29, 0.717) is 0 Å². The summed E-state index contributed by atoms with van der Waals surface area (Å²) < 4.78 is 26.5. The molecule has 0 aliphatic heterocycles. The van der Waals surface area contributed by atoms with E-state index in [1.54, 1.807) is 0 Å². The summed E-state index contributed by atoms with van der Waals surface area (Å²) in [6, 6.07) is 6.19. The zero-order valence-electron chi connectivity index (χ0n) is 10.5. The Hall–Kier alpha value is -1.85. The summed E-state index contributed by atoms with van der Waals surface area (Å²) in [4.78, 5) is 11.8. The van der Waals surface area contributed by atoms with E-state index in [1.165, 1.54) is 24.3 Å². The van der Waals surface area contributed by atoms with E-state index in [0.717, 1.165) is 6.07 Å². The molecule has 2 N–H and O–H groups in total. The van der Waals surface area contributed by atoms with Crippen LogP contribution in [0.5, 0.6) is 5.75 Å². The van der Waals surface area contributed by atoms with Gasteiger partial charge in [-0.1, -0.05) is 35.3 Å². The van der Waals surface area contributed by atoms with Gasteiger partial charge in [-0.15, -0.1) is 0 Å². The average molecular weight is 332 g/mol. The second kappa shape index (κ2) is 6.28. The fourth-order valence-electron chi connectivity index (χ4n) is 1.70. The summed E-state index contributed by atoms with van der Waals surface area (Å²) in [5.41, 5.74) is 0.174. The molecule has 7 heteroatoms. The lowest BCUT2D eigenvalue weighted by Gasteiger charge is -2.08. The van der Waals surface area contributed by atoms with Gasteiger partial charge < -0.3 is 10.4 Å². The van der Waals surface area contributed by atoms with Crippen molar-refractivity contribution in [2.45, 2.75) is 6.42 Å². The van der Waals surface area contributed by atoms with Crippen molar-refractivity contribution in [1.82, 2.24) is 0 Å². The normalized spacial score (nSPS) is 10.5. The summed E-state index contributed by atoms with van der Waals surface area (Å²) in [6.45, 7) is 0. The Labute approximate surface area is 129 Å². The first-order chi connectivity index (χ1) is 9.88. The summed E-state index contributed by atoms with van der Waals surface area (Å²) >= 11 is 11.4. The molecule has 0 aliphatic carbocycles. The van der Waals surface area contributed by atoms with Crippen molar-refractivity contribution in [2.75, 3.05) is 5.32 Å². The number of nitrogens with one attached hydrogen (secondary N) is 1. The van der Waals surface area contributed by atoms with Crippen molar-refractivity contribution in [1.29, 1.82) is 0 Å². The zero-order valence-corrected chi connectivity index (χ0v) is 12.0. The Morgan fingerprint density at radius 3 is 2.43 bits per heavy atom. The highest BCUT2D eigenvalue weighted by atomic mass is 35.5. The molecule has 0 unspecified atom stereocenters. The van der Waals surface area contributed by atoms with Crippen molar-refractivity contribution in [3.63, 3.8) is 0 Å². The average Bonchev–Trinajstić information content (AvgIpc) is 2.41. The minimum atomic E-state index is -1.06. The molecule has 0 aromatic heterocycles. The third-order valence-electron chi connectivity index (χ3n) is 2.68. The molecule has 2 rings (SSSR count). The molecule has 21 heavy (non-hydrogen) atoms. The highest BCUT2D eigenvalue weighted by molar-refractivity contribution is 6.37. The van der Waals surface area contributed by atoms with Crippen molar-refractivity contribution in [3.8, 4) is 5.75 Å². The second-order valence-corrected chi connectivity index (χ2v) is 5.04. The maximum atomic E-state index is 13.5. The van der Waals surface area contributed by atoms with Crippen LogP contribution in [0, 0.1) is 11.6 Å². The van der Waals surface area contributed by atoms with Crippen LogP contribution in [0.25, 0.3) is 0 Å². The quantitative estimate of drug-likeness (QED) is 0.830. The van der Waals surface area contributed by atoms with Gasteiger partial charge in [0.2, 0.25) is 5.91 Å². The molecule has 0 saturated carbocycles. The van der Waals surface area contributed by atoms with Crippen LogP contribution in [0.1, 0.15) is 5.56 Å². The fraction of sp³-hybridized carbons (Fsp3) is 0.0714. The lowest BCUT2D eigenvalue weighted by Crippen LogP contribution is -2.15. The standard InChI is InChI=1S/C14H9Cl2F2NO2/c15-9-5-8(6-10(16)14(9)21)19-12(20)4-7-2-1-3-11(17)13(7)18/h1-3,5-6,21H,4H2,(H,19,20). The maximum absolute atomic E-state index is 13.5. The van der Waals surface area contributed by atoms with Crippen LogP contribution >= 0.6 is 23.2 Å². The predicted molar refractivity (Wildman–Crippen MR) is 76.8 cm³/mol. The zero-order chi connectivity index (χ0) is 15.6. The van der Waals surface area contributed by atoms with Crippen molar-refractivity contribution in [2.24, 2.45) is 0 Å². The number of amides is 1. The minimum Gasteiger partial charge on any atom is -0.505 e. The SMILES string of the molecule is O=C(Cc1cccc(F)c1F)Nc1cc(Cl)c(O)c(Cl)c1. The highest BCUT2D eigenvalue weighted by Gasteiger charge is 2.13. The smallest absolute Gasteiger partial charge is 0.228 e. The summed E-state index contributed by atoms with van der Waals surface area (Å²) in [7, 11) is 0. The molecule has 0 atom stereocenters. The molecule has 2 aromatic carbocycles. The van der Waals surface area contributed by atoms with Gasteiger partial charge in [-0.05, 0) is 18.2 Å². The van der Waals surface area contributed by atoms with Gasteiger partial charge in [0.25, 0.3) is 0 Å². The van der Waals surface area contributed by atoms with Gasteiger partial charge in [0, 0.05) is 11.3 Å². The number of phenols is 1. The first kappa shape index (κ1) is 15.5. The van der Waals surface area contributed by atoms with E-state index < -0.39 is 17.5 Å². The Morgan fingerprint density at radius 1 is 1.19 bits per heavy atom. The fourth-order valence-corrected chi connectivity index (χ4v) is 2.19. The Morgan fingerprint density at radius 2 is 1.81 bits per heavy atom. The summed E-state index contributed by atoms with van der Waals surface area (Å²) in [5, 5.41) is 11.8. The van der Waals surface area contributed by atoms with Crippen molar-refractivity contribution in [3.05, 3.63) is 57.6 Å². The molecule has 0 saturated heterocycles. The van der Waals surface area contributed by atoms with Crippen molar-refractivity contribution < 1.29 is 18.7 Å². The van der Waals surface area contributed by atoms with Gasteiger partial charge in [-0.3, -0.25) is 4.79 Å². The number of carbonyl (C=O) groups is 1. The third kappa shape index (κ3) is 3.62. The molecule has 110 valence electrons. The minimum absolute atomic E-state index is 0.0327. The van der Waals surface area contributed by atoms with E-state index in [4.69, 9.17) is 23.2 Å². The molecule has 0 bridgehead atoms. The number of hydrogen-bond donors (Lipinski definition) is 2. The van der Waals surface area contributed by atoms with Gasteiger partial charge in [0.05, 0.1) is 16.5 Å². The highest BCUT2D eigenvalue weighted by Crippen LogP contribution is 2.34. The van der Waals surface area contributed by atoms with Gasteiger partial charge in [0.1, 0.15) is 0 Å². The van der Waals surface area contributed by atoms with Gasteiger partial charge >= 0.3 is 0 Å². The first-order valence-electron chi connectivity index (χ1n) is 5.79. The monoisotopic (exact) mass is 331 g/mol. The Kier molecular flexibility index (Phi) is 4.65. The van der Waals surface area contributed by atoms with Gasteiger partial charge in [0.15, 0.2) is 17.4 Å². The van der Waals surface area contributed by atoms with Crippen LogP contribution in [0.2, 0.25) is 10.0 Å². The van der Waals surface area contributed by atoms with Crippen LogP contribution in [0.4, 0.5) is 14.5 Å². The molecule has 3 nitrogen and oxygen atoms in total. The second-order valence-electron chi connectivity index (χ2n) is 4.23.